The second-order valence-electron chi connectivity index (χ2n) is 4.84. The van der Waals surface area contributed by atoms with Crippen LogP contribution in [-0.4, -0.2) is 0 Å². The van der Waals surface area contributed by atoms with Crippen LogP contribution in [-0.2, 0) is 18.0 Å². The Morgan fingerprint density at radius 2 is 1.43 bits per heavy atom. The number of hydrogen-bond donors (Lipinski definition) is 0. The fourth-order valence-corrected chi connectivity index (χ4v) is 3.28. The van der Waals surface area contributed by atoms with Crippen molar-refractivity contribution in [1.29, 1.82) is 0 Å². The molecule has 106 valence electrons. The molecule has 0 aliphatic rings. The van der Waals surface area contributed by atoms with Crippen LogP contribution < -0.4 is 0 Å². The summed E-state index contributed by atoms with van der Waals surface area (Å²) in [5, 5.41) is 2.46. The number of fused-ring (bicyclic) bond motifs is 1. The molecule has 0 radical (unpaired) electrons. The van der Waals surface area contributed by atoms with Gasteiger partial charge in [-0.15, -0.1) is 0 Å². The Bertz CT molecular complexity index is 768. The van der Waals surface area contributed by atoms with Crippen LogP contribution in [0.5, 0.6) is 0 Å². The van der Waals surface area contributed by atoms with Gasteiger partial charge in [-0.3, -0.25) is 0 Å². The van der Waals surface area contributed by atoms with Crippen LogP contribution >= 0.6 is 31.9 Å². The first-order chi connectivity index (χ1) is 10.3. The highest BCUT2D eigenvalue weighted by molar-refractivity contribution is 9.11. The zero-order valence-electron chi connectivity index (χ0n) is 11.4. The Balaban J connectivity index is 1.74. The Morgan fingerprint density at radius 1 is 0.714 bits per heavy atom. The summed E-state index contributed by atoms with van der Waals surface area (Å²) in [5.74, 6) is 0. The fourth-order valence-electron chi connectivity index (χ4n) is 2.28. The van der Waals surface area contributed by atoms with Gasteiger partial charge in [0.2, 0.25) is 0 Å². The molecule has 3 heteroatoms. The van der Waals surface area contributed by atoms with Gasteiger partial charge in [0, 0.05) is 8.95 Å². The van der Waals surface area contributed by atoms with Gasteiger partial charge in [-0.05, 0) is 43.9 Å². The lowest BCUT2D eigenvalue weighted by Crippen LogP contribution is -1.96. The fraction of sp³-hybridized carbons (Fsp3) is 0.111. The molecule has 0 unspecified atom stereocenters. The van der Waals surface area contributed by atoms with Crippen LogP contribution in [0.2, 0.25) is 0 Å². The van der Waals surface area contributed by atoms with Gasteiger partial charge in [-0.25, -0.2) is 0 Å². The third-order valence-corrected chi connectivity index (χ3v) is 5.13. The largest absolute Gasteiger partial charge is 0.372 e. The molecule has 0 amide bonds. The number of hydrogen-bond acceptors (Lipinski definition) is 1. The first kappa shape index (κ1) is 14.8. The molecular formula is C18H14Br2O. The number of halogens is 2. The standard InChI is InChI=1S/C18H14Br2O/c19-17-8-4-2-6-14(17)11-21-12-15-10-9-13-5-1-3-7-16(13)18(15)20/h1-10H,11-12H2. The molecule has 0 aliphatic carbocycles. The summed E-state index contributed by atoms with van der Waals surface area (Å²) in [7, 11) is 0. The molecule has 0 aromatic heterocycles. The molecule has 3 aromatic rings. The molecule has 3 aromatic carbocycles. The normalized spacial score (nSPS) is 11.0. The molecule has 0 aliphatic heterocycles. The predicted octanol–water partition coefficient (Wildman–Crippen LogP) is 6.08. The van der Waals surface area contributed by atoms with Crippen molar-refractivity contribution in [2.24, 2.45) is 0 Å². The molecule has 0 heterocycles. The van der Waals surface area contributed by atoms with Crippen molar-refractivity contribution in [3.8, 4) is 0 Å². The lowest BCUT2D eigenvalue weighted by molar-refractivity contribution is 0.106. The number of benzene rings is 3. The van der Waals surface area contributed by atoms with Crippen molar-refractivity contribution in [1.82, 2.24) is 0 Å². The van der Waals surface area contributed by atoms with E-state index in [1.165, 1.54) is 16.3 Å². The molecule has 0 saturated carbocycles. The van der Waals surface area contributed by atoms with E-state index in [-0.39, 0.29) is 0 Å². The zero-order valence-corrected chi connectivity index (χ0v) is 14.5. The molecular weight excluding hydrogens is 392 g/mol. The Morgan fingerprint density at radius 3 is 2.29 bits per heavy atom. The van der Waals surface area contributed by atoms with Crippen LogP contribution in [0.1, 0.15) is 11.1 Å². The van der Waals surface area contributed by atoms with E-state index in [2.05, 4.69) is 74.3 Å². The summed E-state index contributed by atoms with van der Waals surface area (Å²) < 4.78 is 8.06. The van der Waals surface area contributed by atoms with Gasteiger partial charge >= 0.3 is 0 Å². The van der Waals surface area contributed by atoms with E-state index in [1.807, 2.05) is 18.2 Å². The van der Waals surface area contributed by atoms with E-state index in [9.17, 15) is 0 Å². The van der Waals surface area contributed by atoms with Gasteiger partial charge in [0.05, 0.1) is 13.2 Å². The Hall–Kier alpha value is -1.16. The van der Waals surface area contributed by atoms with Gasteiger partial charge in [-0.2, -0.15) is 0 Å². The topological polar surface area (TPSA) is 9.23 Å². The maximum atomic E-state index is 5.86. The third-order valence-electron chi connectivity index (χ3n) is 3.42. The first-order valence-corrected chi connectivity index (χ1v) is 8.31. The molecule has 1 nitrogen and oxygen atoms in total. The Kier molecular flexibility index (Phi) is 4.73. The highest BCUT2D eigenvalue weighted by Crippen LogP contribution is 2.28. The quantitative estimate of drug-likeness (QED) is 0.510. The smallest absolute Gasteiger partial charge is 0.0732 e. The van der Waals surface area contributed by atoms with Gasteiger partial charge in [0.15, 0.2) is 0 Å². The highest BCUT2D eigenvalue weighted by atomic mass is 79.9. The molecule has 0 fully saturated rings. The number of ether oxygens (including phenoxy) is 1. The third kappa shape index (κ3) is 3.37. The molecule has 3 rings (SSSR count). The van der Waals surface area contributed by atoms with Crippen LogP contribution in [0.25, 0.3) is 10.8 Å². The van der Waals surface area contributed by atoms with Crippen molar-refractivity contribution in [3.05, 3.63) is 80.7 Å². The zero-order chi connectivity index (χ0) is 14.7. The van der Waals surface area contributed by atoms with E-state index < -0.39 is 0 Å². The van der Waals surface area contributed by atoms with Crippen molar-refractivity contribution >= 4 is 42.6 Å². The van der Waals surface area contributed by atoms with Crippen LogP contribution in [0.3, 0.4) is 0 Å². The summed E-state index contributed by atoms with van der Waals surface area (Å²) in [5.41, 5.74) is 2.33. The van der Waals surface area contributed by atoms with Crippen LogP contribution in [0.4, 0.5) is 0 Å². The molecule has 21 heavy (non-hydrogen) atoms. The van der Waals surface area contributed by atoms with E-state index in [4.69, 9.17) is 4.74 Å². The molecule has 0 atom stereocenters. The van der Waals surface area contributed by atoms with Crippen molar-refractivity contribution in [2.45, 2.75) is 13.2 Å². The van der Waals surface area contributed by atoms with Crippen molar-refractivity contribution < 1.29 is 4.74 Å². The van der Waals surface area contributed by atoms with E-state index in [0.717, 1.165) is 14.5 Å². The van der Waals surface area contributed by atoms with Gasteiger partial charge in [0.1, 0.15) is 0 Å². The molecule has 0 saturated heterocycles. The van der Waals surface area contributed by atoms with Crippen LogP contribution in [0, 0.1) is 0 Å². The lowest BCUT2D eigenvalue weighted by Gasteiger charge is -2.10. The first-order valence-electron chi connectivity index (χ1n) is 6.73. The highest BCUT2D eigenvalue weighted by Gasteiger charge is 2.05. The maximum Gasteiger partial charge on any atom is 0.0732 e. The summed E-state index contributed by atoms with van der Waals surface area (Å²) >= 11 is 7.23. The van der Waals surface area contributed by atoms with Gasteiger partial charge in [0.25, 0.3) is 0 Å². The van der Waals surface area contributed by atoms with E-state index >= 15 is 0 Å². The minimum atomic E-state index is 0.590. The summed E-state index contributed by atoms with van der Waals surface area (Å²) in [6, 6.07) is 20.7. The predicted molar refractivity (Wildman–Crippen MR) is 94.3 cm³/mol. The molecule has 0 spiro atoms. The second kappa shape index (κ2) is 6.73. The molecule has 0 N–H and O–H groups in total. The SMILES string of the molecule is Brc1ccccc1COCc1ccc2ccccc2c1Br. The summed E-state index contributed by atoms with van der Waals surface area (Å²) in [6.07, 6.45) is 0. The average Bonchev–Trinajstić information content (AvgIpc) is 2.52. The van der Waals surface area contributed by atoms with Crippen molar-refractivity contribution in [3.63, 3.8) is 0 Å². The second-order valence-corrected chi connectivity index (χ2v) is 6.49. The lowest BCUT2D eigenvalue weighted by atomic mass is 10.1. The summed E-state index contributed by atoms with van der Waals surface area (Å²) in [6.45, 7) is 1.19. The number of rotatable bonds is 4. The minimum Gasteiger partial charge on any atom is -0.372 e. The van der Waals surface area contributed by atoms with Gasteiger partial charge < -0.3 is 4.74 Å². The van der Waals surface area contributed by atoms with Crippen LogP contribution in [0.15, 0.2) is 69.6 Å². The van der Waals surface area contributed by atoms with Crippen molar-refractivity contribution in [2.75, 3.05) is 0 Å². The van der Waals surface area contributed by atoms with E-state index in [1.54, 1.807) is 0 Å². The monoisotopic (exact) mass is 404 g/mol. The maximum absolute atomic E-state index is 5.86. The summed E-state index contributed by atoms with van der Waals surface area (Å²) in [4.78, 5) is 0. The van der Waals surface area contributed by atoms with E-state index in [0.29, 0.717) is 13.2 Å². The molecule has 0 bridgehead atoms. The minimum absolute atomic E-state index is 0.590. The Labute approximate surface area is 141 Å². The average molecular weight is 406 g/mol. The van der Waals surface area contributed by atoms with Gasteiger partial charge in [-0.1, -0.05) is 70.5 Å².